The molecule has 0 aliphatic rings. The van der Waals surface area contributed by atoms with E-state index in [1.807, 2.05) is 54.6 Å². The van der Waals surface area contributed by atoms with E-state index in [-0.39, 0.29) is 5.91 Å². The highest BCUT2D eigenvalue weighted by molar-refractivity contribution is 6.13. The number of para-hydroxylation sites is 2. The Balaban J connectivity index is 1.54. The number of fused-ring (bicyclic) bond motifs is 4. The standard InChI is InChI=1S/C20H13N3O2/c24-20(16-6-3-4-12-11-21-23-19(12)16)22-13-8-9-15-14-5-1-2-7-17(14)25-18(15)10-13/h1-11H,(H,21,23)(H,22,24). The zero-order valence-corrected chi connectivity index (χ0v) is 13.1. The topological polar surface area (TPSA) is 70.9 Å². The molecule has 2 N–H and O–H groups in total. The van der Waals surface area contributed by atoms with Crippen LogP contribution in [0.3, 0.4) is 0 Å². The summed E-state index contributed by atoms with van der Waals surface area (Å²) in [5.41, 5.74) is 3.56. The number of furan rings is 1. The van der Waals surface area contributed by atoms with Gasteiger partial charge in [-0.2, -0.15) is 5.10 Å². The number of aromatic nitrogens is 2. The van der Waals surface area contributed by atoms with E-state index >= 15 is 0 Å². The lowest BCUT2D eigenvalue weighted by Crippen LogP contribution is -2.12. The van der Waals surface area contributed by atoms with E-state index in [1.54, 1.807) is 12.3 Å². The van der Waals surface area contributed by atoms with Gasteiger partial charge in [-0.05, 0) is 24.3 Å². The van der Waals surface area contributed by atoms with Crippen LogP contribution < -0.4 is 5.32 Å². The monoisotopic (exact) mass is 327 g/mol. The van der Waals surface area contributed by atoms with Crippen molar-refractivity contribution in [1.82, 2.24) is 10.2 Å². The Labute approximate surface area is 142 Å². The molecule has 0 aliphatic carbocycles. The van der Waals surface area contributed by atoms with Gasteiger partial charge in [0.25, 0.3) is 5.91 Å². The van der Waals surface area contributed by atoms with Gasteiger partial charge in [0.2, 0.25) is 0 Å². The molecule has 2 heterocycles. The van der Waals surface area contributed by atoms with E-state index in [9.17, 15) is 4.79 Å². The summed E-state index contributed by atoms with van der Waals surface area (Å²) in [7, 11) is 0. The first-order valence-corrected chi connectivity index (χ1v) is 7.94. The minimum atomic E-state index is -0.190. The lowest BCUT2D eigenvalue weighted by Gasteiger charge is -2.06. The normalized spacial score (nSPS) is 11.4. The molecule has 5 rings (SSSR count). The predicted octanol–water partition coefficient (Wildman–Crippen LogP) is 4.71. The average molecular weight is 327 g/mol. The van der Waals surface area contributed by atoms with Crippen molar-refractivity contribution in [3.8, 4) is 0 Å². The van der Waals surface area contributed by atoms with Gasteiger partial charge in [-0.3, -0.25) is 9.89 Å². The van der Waals surface area contributed by atoms with Gasteiger partial charge in [0.1, 0.15) is 11.2 Å². The highest BCUT2D eigenvalue weighted by Crippen LogP contribution is 2.30. The summed E-state index contributed by atoms with van der Waals surface area (Å²) in [6.45, 7) is 0. The smallest absolute Gasteiger partial charge is 0.257 e. The molecule has 2 aromatic heterocycles. The van der Waals surface area contributed by atoms with E-state index in [1.165, 1.54) is 0 Å². The average Bonchev–Trinajstić information content (AvgIpc) is 3.25. The van der Waals surface area contributed by atoms with Crippen LogP contribution in [-0.4, -0.2) is 16.1 Å². The van der Waals surface area contributed by atoms with E-state index in [0.29, 0.717) is 11.3 Å². The Morgan fingerprint density at radius 1 is 0.960 bits per heavy atom. The Kier molecular flexibility index (Phi) is 2.87. The second-order valence-electron chi connectivity index (χ2n) is 5.90. The van der Waals surface area contributed by atoms with E-state index in [4.69, 9.17) is 4.42 Å². The molecule has 0 spiro atoms. The molecule has 0 bridgehead atoms. The van der Waals surface area contributed by atoms with Gasteiger partial charge >= 0.3 is 0 Å². The number of benzene rings is 3. The summed E-state index contributed by atoms with van der Waals surface area (Å²) < 4.78 is 5.87. The molecule has 5 heteroatoms. The molecule has 0 radical (unpaired) electrons. The Morgan fingerprint density at radius 2 is 1.84 bits per heavy atom. The molecule has 0 fully saturated rings. The molecule has 0 saturated heterocycles. The highest BCUT2D eigenvalue weighted by atomic mass is 16.3. The molecule has 0 aliphatic heterocycles. The highest BCUT2D eigenvalue weighted by Gasteiger charge is 2.13. The number of anilines is 1. The van der Waals surface area contributed by atoms with Crippen LogP contribution >= 0.6 is 0 Å². The van der Waals surface area contributed by atoms with Crippen molar-refractivity contribution in [1.29, 1.82) is 0 Å². The Bertz CT molecular complexity index is 1250. The number of hydrogen-bond acceptors (Lipinski definition) is 3. The van der Waals surface area contributed by atoms with Crippen molar-refractivity contribution in [2.45, 2.75) is 0 Å². The van der Waals surface area contributed by atoms with Crippen molar-refractivity contribution >= 4 is 44.4 Å². The van der Waals surface area contributed by atoms with E-state index < -0.39 is 0 Å². The molecule has 0 unspecified atom stereocenters. The predicted molar refractivity (Wildman–Crippen MR) is 97.8 cm³/mol. The first-order valence-electron chi connectivity index (χ1n) is 7.94. The number of H-pyrrole nitrogens is 1. The quantitative estimate of drug-likeness (QED) is 0.493. The van der Waals surface area contributed by atoms with Gasteiger partial charge < -0.3 is 9.73 Å². The van der Waals surface area contributed by atoms with Crippen LogP contribution in [0.2, 0.25) is 0 Å². The summed E-state index contributed by atoms with van der Waals surface area (Å²) in [6.07, 6.45) is 1.70. The van der Waals surface area contributed by atoms with Crippen molar-refractivity contribution in [2.24, 2.45) is 0 Å². The number of hydrogen-bond donors (Lipinski definition) is 2. The maximum Gasteiger partial charge on any atom is 0.257 e. The molecule has 0 saturated carbocycles. The fraction of sp³-hybridized carbons (Fsp3) is 0. The van der Waals surface area contributed by atoms with Crippen LogP contribution in [0.1, 0.15) is 10.4 Å². The number of carbonyl (C=O) groups excluding carboxylic acids is 1. The molecule has 1 amide bonds. The first-order chi connectivity index (χ1) is 12.3. The molecule has 5 nitrogen and oxygen atoms in total. The number of rotatable bonds is 2. The maximum absolute atomic E-state index is 12.6. The van der Waals surface area contributed by atoms with Crippen LogP contribution in [-0.2, 0) is 0 Å². The molecule has 3 aromatic carbocycles. The number of aromatic amines is 1. The van der Waals surface area contributed by atoms with Gasteiger partial charge in [0.05, 0.1) is 17.3 Å². The van der Waals surface area contributed by atoms with E-state index in [2.05, 4.69) is 15.5 Å². The van der Waals surface area contributed by atoms with Crippen LogP contribution in [0.4, 0.5) is 5.69 Å². The van der Waals surface area contributed by atoms with Crippen molar-refractivity contribution in [3.05, 3.63) is 72.4 Å². The third kappa shape index (κ3) is 2.17. The van der Waals surface area contributed by atoms with Crippen molar-refractivity contribution < 1.29 is 9.21 Å². The van der Waals surface area contributed by atoms with Gasteiger partial charge in [-0.15, -0.1) is 0 Å². The van der Waals surface area contributed by atoms with Crippen molar-refractivity contribution in [2.75, 3.05) is 5.32 Å². The largest absolute Gasteiger partial charge is 0.456 e. The van der Waals surface area contributed by atoms with Crippen molar-refractivity contribution in [3.63, 3.8) is 0 Å². The molecule has 25 heavy (non-hydrogen) atoms. The SMILES string of the molecule is O=C(Nc1ccc2c(c1)oc1ccccc12)c1cccc2cn[nH]c12. The van der Waals surface area contributed by atoms with Crippen LogP contribution in [0.25, 0.3) is 32.8 Å². The zero-order chi connectivity index (χ0) is 16.8. The number of nitrogens with zero attached hydrogens (tertiary/aromatic N) is 1. The van der Waals surface area contributed by atoms with E-state index in [0.717, 1.165) is 32.8 Å². The molecule has 5 aromatic rings. The minimum absolute atomic E-state index is 0.190. The molecule has 0 atom stereocenters. The summed E-state index contributed by atoms with van der Waals surface area (Å²) >= 11 is 0. The van der Waals surface area contributed by atoms with Crippen LogP contribution in [0.5, 0.6) is 0 Å². The third-order valence-electron chi connectivity index (χ3n) is 4.36. The second kappa shape index (κ2) is 5.21. The lowest BCUT2D eigenvalue weighted by atomic mass is 10.1. The van der Waals surface area contributed by atoms with Gasteiger partial charge in [0, 0.05) is 27.9 Å². The third-order valence-corrected chi connectivity index (χ3v) is 4.36. The van der Waals surface area contributed by atoms with Gasteiger partial charge in [0.15, 0.2) is 0 Å². The summed E-state index contributed by atoms with van der Waals surface area (Å²) in [5, 5.41) is 12.8. The van der Waals surface area contributed by atoms with Crippen LogP contribution in [0.15, 0.2) is 71.3 Å². The lowest BCUT2D eigenvalue weighted by molar-refractivity contribution is 0.102. The van der Waals surface area contributed by atoms with Gasteiger partial charge in [-0.1, -0.05) is 30.3 Å². The fourth-order valence-corrected chi connectivity index (χ4v) is 3.16. The fourth-order valence-electron chi connectivity index (χ4n) is 3.16. The number of nitrogens with one attached hydrogen (secondary N) is 2. The molecular weight excluding hydrogens is 314 g/mol. The zero-order valence-electron chi connectivity index (χ0n) is 13.1. The molecule has 120 valence electrons. The maximum atomic E-state index is 12.6. The molecular formula is C20H13N3O2. The summed E-state index contributed by atoms with van der Waals surface area (Å²) in [6, 6.07) is 19.1. The first kappa shape index (κ1) is 13.8. The Hall–Kier alpha value is -3.60. The number of amides is 1. The van der Waals surface area contributed by atoms with Crippen LogP contribution in [0, 0.1) is 0 Å². The van der Waals surface area contributed by atoms with Gasteiger partial charge in [-0.25, -0.2) is 0 Å². The number of carbonyl (C=O) groups is 1. The minimum Gasteiger partial charge on any atom is -0.456 e. The Morgan fingerprint density at radius 3 is 2.80 bits per heavy atom. The summed E-state index contributed by atoms with van der Waals surface area (Å²) in [5.74, 6) is -0.190. The summed E-state index contributed by atoms with van der Waals surface area (Å²) in [4.78, 5) is 12.6. The second-order valence-corrected chi connectivity index (χ2v) is 5.90.